The van der Waals surface area contributed by atoms with E-state index in [9.17, 15) is 4.79 Å². The number of hydrogen-bond donors (Lipinski definition) is 0. The van der Waals surface area contributed by atoms with Gasteiger partial charge < -0.3 is 4.74 Å². The standard InChI is InChI=1S/C9H6BrNO2S/c1-13-9(12)6(3-11)2-7-4-14-5-8(7)10/h2,4-5H,1H3/b6-2+. The number of carbonyl (C=O) groups is 1. The summed E-state index contributed by atoms with van der Waals surface area (Å²) in [5.74, 6) is -0.620. The first-order valence-electron chi connectivity index (χ1n) is 3.61. The number of rotatable bonds is 2. The molecular weight excluding hydrogens is 266 g/mol. The lowest BCUT2D eigenvalue weighted by Gasteiger charge is -1.95. The minimum atomic E-state index is -0.620. The van der Waals surface area contributed by atoms with Crippen molar-refractivity contribution in [1.82, 2.24) is 0 Å². The van der Waals surface area contributed by atoms with E-state index in [4.69, 9.17) is 5.26 Å². The van der Waals surface area contributed by atoms with Crippen LogP contribution in [0.5, 0.6) is 0 Å². The van der Waals surface area contributed by atoms with Crippen molar-refractivity contribution < 1.29 is 9.53 Å². The zero-order valence-corrected chi connectivity index (χ0v) is 9.68. The second kappa shape index (κ2) is 4.94. The van der Waals surface area contributed by atoms with Gasteiger partial charge in [-0.25, -0.2) is 4.79 Å². The second-order valence-electron chi connectivity index (χ2n) is 2.34. The molecule has 0 aliphatic heterocycles. The number of methoxy groups -OCH3 is 1. The van der Waals surface area contributed by atoms with Crippen molar-refractivity contribution in [3.63, 3.8) is 0 Å². The highest BCUT2D eigenvalue weighted by molar-refractivity contribution is 9.10. The van der Waals surface area contributed by atoms with Crippen molar-refractivity contribution in [3.05, 3.63) is 26.4 Å². The predicted octanol–water partition coefficient (Wildman–Crippen LogP) is 2.59. The number of esters is 1. The van der Waals surface area contributed by atoms with Crippen LogP contribution in [0.2, 0.25) is 0 Å². The monoisotopic (exact) mass is 271 g/mol. The number of nitrogens with zero attached hydrogens (tertiary/aromatic N) is 1. The van der Waals surface area contributed by atoms with E-state index in [0.717, 1.165) is 10.0 Å². The number of thiophene rings is 1. The Labute approximate surface area is 93.7 Å². The summed E-state index contributed by atoms with van der Waals surface area (Å²) in [5.41, 5.74) is 0.795. The van der Waals surface area contributed by atoms with Gasteiger partial charge in [-0.1, -0.05) is 0 Å². The van der Waals surface area contributed by atoms with Crippen LogP contribution in [0.25, 0.3) is 6.08 Å². The first-order valence-corrected chi connectivity index (χ1v) is 5.34. The molecule has 1 aromatic heterocycles. The second-order valence-corrected chi connectivity index (χ2v) is 3.93. The Bertz CT molecular complexity index is 417. The molecule has 0 fully saturated rings. The molecule has 0 aliphatic rings. The zero-order chi connectivity index (χ0) is 10.6. The predicted molar refractivity (Wildman–Crippen MR) is 57.6 cm³/mol. The molecule has 3 nitrogen and oxygen atoms in total. The van der Waals surface area contributed by atoms with Crippen LogP contribution < -0.4 is 0 Å². The molecule has 0 bridgehead atoms. The van der Waals surface area contributed by atoms with E-state index >= 15 is 0 Å². The van der Waals surface area contributed by atoms with Gasteiger partial charge in [-0.05, 0) is 27.4 Å². The SMILES string of the molecule is COC(=O)/C(C#N)=C/c1cscc1Br. The Morgan fingerprint density at radius 2 is 2.43 bits per heavy atom. The lowest BCUT2D eigenvalue weighted by atomic mass is 10.2. The first kappa shape index (κ1) is 11.0. The van der Waals surface area contributed by atoms with Crippen LogP contribution in [0, 0.1) is 11.3 Å². The molecule has 0 radical (unpaired) electrons. The van der Waals surface area contributed by atoms with E-state index in [-0.39, 0.29) is 5.57 Å². The Kier molecular flexibility index (Phi) is 3.86. The topological polar surface area (TPSA) is 50.1 Å². The molecule has 0 amide bonds. The minimum absolute atomic E-state index is 0.00778. The summed E-state index contributed by atoms with van der Waals surface area (Å²) < 4.78 is 5.31. The first-order chi connectivity index (χ1) is 6.69. The summed E-state index contributed by atoms with van der Waals surface area (Å²) in [6.45, 7) is 0. The molecule has 0 aromatic carbocycles. The van der Waals surface area contributed by atoms with Crippen LogP contribution in [0.4, 0.5) is 0 Å². The number of ether oxygens (including phenoxy) is 1. The van der Waals surface area contributed by atoms with E-state index < -0.39 is 5.97 Å². The quantitative estimate of drug-likeness (QED) is 0.472. The molecule has 0 spiro atoms. The Morgan fingerprint density at radius 1 is 1.71 bits per heavy atom. The van der Waals surface area contributed by atoms with E-state index in [1.807, 2.05) is 10.8 Å². The third-order valence-corrected chi connectivity index (χ3v) is 3.22. The normalized spacial score (nSPS) is 10.8. The van der Waals surface area contributed by atoms with Crippen molar-refractivity contribution in [2.45, 2.75) is 0 Å². The fourth-order valence-corrected chi connectivity index (χ4v) is 2.17. The summed E-state index contributed by atoms with van der Waals surface area (Å²) in [6, 6.07) is 1.79. The zero-order valence-electron chi connectivity index (χ0n) is 7.28. The van der Waals surface area contributed by atoms with Gasteiger partial charge in [0.25, 0.3) is 0 Å². The average Bonchev–Trinajstić information content (AvgIpc) is 2.59. The molecule has 72 valence electrons. The molecular formula is C9H6BrNO2S. The van der Waals surface area contributed by atoms with Crippen LogP contribution in [-0.2, 0) is 9.53 Å². The average molecular weight is 272 g/mol. The van der Waals surface area contributed by atoms with Crippen molar-refractivity contribution in [2.75, 3.05) is 7.11 Å². The molecule has 1 heterocycles. The Balaban J connectivity index is 3.03. The molecule has 1 rings (SSSR count). The fourth-order valence-electron chi connectivity index (χ4n) is 0.797. The molecule has 0 atom stereocenters. The summed E-state index contributed by atoms with van der Waals surface area (Å²) >= 11 is 4.78. The lowest BCUT2D eigenvalue weighted by molar-refractivity contribution is -0.135. The van der Waals surface area contributed by atoms with Gasteiger partial charge in [0, 0.05) is 15.4 Å². The van der Waals surface area contributed by atoms with Crippen LogP contribution >= 0.6 is 27.3 Å². The maximum Gasteiger partial charge on any atom is 0.348 e. The highest BCUT2D eigenvalue weighted by Crippen LogP contribution is 2.23. The minimum Gasteiger partial charge on any atom is -0.465 e. The highest BCUT2D eigenvalue weighted by atomic mass is 79.9. The van der Waals surface area contributed by atoms with Gasteiger partial charge in [-0.3, -0.25) is 0 Å². The van der Waals surface area contributed by atoms with Gasteiger partial charge in [-0.15, -0.1) is 0 Å². The van der Waals surface area contributed by atoms with E-state index in [1.54, 1.807) is 6.07 Å². The van der Waals surface area contributed by atoms with Crippen LogP contribution in [0.15, 0.2) is 20.8 Å². The van der Waals surface area contributed by atoms with E-state index in [0.29, 0.717) is 0 Å². The lowest BCUT2D eigenvalue weighted by Crippen LogP contribution is -2.02. The molecule has 0 aliphatic carbocycles. The van der Waals surface area contributed by atoms with Gasteiger partial charge in [0.05, 0.1) is 7.11 Å². The van der Waals surface area contributed by atoms with E-state index in [2.05, 4.69) is 20.7 Å². The molecule has 1 aromatic rings. The van der Waals surface area contributed by atoms with Crippen molar-refractivity contribution in [2.24, 2.45) is 0 Å². The molecule has 0 saturated carbocycles. The van der Waals surface area contributed by atoms with Gasteiger partial charge in [0.1, 0.15) is 11.6 Å². The van der Waals surface area contributed by atoms with E-state index in [1.165, 1.54) is 24.5 Å². The van der Waals surface area contributed by atoms with Gasteiger partial charge >= 0.3 is 5.97 Å². The number of carbonyl (C=O) groups excluding carboxylic acids is 1. The molecule has 5 heteroatoms. The van der Waals surface area contributed by atoms with Crippen LogP contribution in [0.3, 0.4) is 0 Å². The molecule has 0 unspecified atom stereocenters. The third-order valence-electron chi connectivity index (χ3n) is 1.47. The smallest absolute Gasteiger partial charge is 0.348 e. The summed E-state index contributed by atoms with van der Waals surface area (Å²) in [7, 11) is 1.25. The van der Waals surface area contributed by atoms with Gasteiger partial charge in [0.2, 0.25) is 0 Å². The summed E-state index contributed by atoms with van der Waals surface area (Å²) in [6.07, 6.45) is 1.49. The largest absolute Gasteiger partial charge is 0.465 e. The van der Waals surface area contributed by atoms with Gasteiger partial charge in [0.15, 0.2) is 0 Å². The number of halogens is 1. The third kappa shape index (κ3) is 2.44. The van der Waals surface area contributed by atoms with Gasteiger partial charge in [-0.2, -0.15) is 16.6 Å². The summed E-state index contributed by atoms with van der Waals surface area (Å²) in [4.78, 5) is 11.1. The highest BCUT2D eigenvalue weighted by Gasteiger charge is 2.09. The Hall–Kier alpha value is -1.12. The number of hydrogen-bond acceptors (Lipinski definition) is 4. The molecule has 0 N–H and O–H groups in total. The van der Waals surface area contributed by atoms with Crippen molar-refractivity contribution in [3.8, 4) is 6.07 Å². The number of nitriles is 1. The molecule has 14 heavy (non-hydrogen) atoms. The Morgan fingerprint density at radius 3 is 2.86 bits per heavy atom. The fraction of sp³-hybridized carbons (Fsp3) is 0.111. The van der Waals surface area contributed by atoms with Crippen LogP contribution in [-0.4, -0.2) is 13.1 Å². The maximum absolute atomic E-state index is 11.1. The molecule has 0 saturated heterocycles. The maximum atomic E-state index is 11.1. The van der Waals surface area contributed by atoms with Crippen molar-refractivity contribution >= 4 is 39.3 Å². The van der Waals surface area contributed by atoms with Crippen LogP contribution in [0.1, 0.15) is 5.56 Å². The summed E-state index contributed by atoms with van der Waals surface area (Å²) in [5, 5.41) is 12.4. The van der Waals surface area contributed by atoms with Crippen molar-refractivity contribution in [1.29, 1.82) is 5.26 Å².